The third-order valence-electron chi connectivity index (χ3n) is 3.24. The average molecular weight is 348 g/mol. The monoisotopic (exact) mass is 347 g/mol. The first-order chi connectivity index (χ1) is 10.0. The molecule has 0 aliphatic rings. The van der Waals surface area contributed by atoms with E-state index < -0.39 is 0 Å². The Bertz CT molecular complexity index is 636. The van der Waals surface area contributed by atoms with Crippen LogP contribution < -0.4 is 10.1 Å². The predicted octanol–water partition coefficient (Wildman–Crippen LogP) is 4.83. The molecule has 0 radical (unpaired) electrons. The van der Waals surface area contributed by atoms with E-state index in [0.717, 1.165) is 10.2 Å². The zero-order valence-electron chi connectivity index (χ0n) is 12.3. The average Bonchev–Trinajstić information content (AvgIpc) is 2.47. The molecule has 0 bridgehead atoms. The highest BCUT2D eigenvalue weighted by molar-refractivity contribution is 9.10. The third-order valence-corrected chi connectivity index (χ3v) is 3.73. The summed E-state index contributed by atoms with van der Waals surface area (Å²) in [7, 11) is 1.55. The molecule has 4 heteroatoms. The standard InChI is InChI=1S/C17H18BrNO2/c1-11(2)12-4-7-14(8-5-12)19-17(20)15-10-13(18)6-9-16(15)21-3/h4-11H,1-3H3,(H,19,20). The summed E-state index contributed by atoms with van der Waals surface area (Å²) in [5, 5.41) is 2.89. The molecule has 1 N–H and O–H groups in total. The van der Waals surface area contributed by atoms with Crippen molar-refractivity contribution in [2.75, 3.05) is 12.4 Å². The second-order valence-electron chi connectivity index (χ2n) is 5.08. The number of rotatable bonds is 4. The van der Waals surface area contributed by atoms with E-state index in [9.17, 15) is 4.79 Å². The van der Waals surface area contributed by atoms with Crippen LogP contribution in [-0.2, 0) is 0 Å². The van der Waals surface area contributed by atoms with Crippen LogP contribution in [0.15, 0.2) is 46.9 Å². The Morgan fingerprint density at radius 1 is 1.14 bits per heavy atom. The summed E-state index contributed by atoms with van der Waals surface area (Å²) < 4.78 is 6.06. The van der Waals surface area contributed by atoms with E-state index >= 15 is 0 Å². The fraction of sp³-hybridized carbons (Fsp3) is 0.235. The molecule has 0 saturated carbocycles. The number of halogens is 1. The number of benzene rings is 2. The predicted molar refractivity (Wildman–Crippen MR) is 89.2 cm³/mol. The highest BCUT2D eigenvalue weighted by atomic mass is 79.9. The van der Waals surface area contributed by atoms with Crippen molar-refractivity contribution in [3.8, 4) is 5.75 Å². The highest BCUT2D eigenvalue weighted by Gasteiger charge is 2.13. The first-order valence-electron chi connectivity index (χ1n) is 6.76. The van der Waals surface area contributed by atoms with Crippen molar-refractivity contribution >= 4 is 27.5 Å². The van der Waals surface area contributed by atoms with Gasteiger partial charge in [-0.1, -0.05) is 41.9 Å². The van der Waals surface area contributed by atoms with Crippen molar-refractivity contribution in [3.63, 3.8) is 0 Å². The van der Waals surface area contributed by atoms with Crippen molar-refractivity contribution in [2.24, 2.45) is 0 Å². The first-order valence-corrected chi connectivity index (χ1v) is 7.55. The largest absolute Gasteiger partial charge is 0.496 e. The van der Waals surface area contributed by atoms with Gasteiger partial charge in [-0.25, -0.2) is 0 Å². The van der Waals surface area contributed by atoms with E-state index in [4.69, 9.17) is 4.74 Å². The Morgan fingerprint density at radius 3 is 2.38 bits per heavy atom. The van der Waals surface area contributed by atoms with Crippen LogP contribution in [0, 0.1) is 0 Å². The number of hydrogen-bond donors (Lipinski definition) is 1. The lowest BCUT2D eigenvalue weighted by atomic mass is 10.0. The van der Waals surface area contributed by atoms with Gasteiger partial charge in [0.2, 0.25) is 0 Å². The van der Waals surface area contributed by atoms with Gasteiger partial charge >= 0.3 is 0 Å². The molecule has 0 heterocycles. The minimum absolute atomic E-state index is 0.189. The molecule has 110 valence electrons. The minimum atomic E-state index is -0.189. The molecule has 3 nitrogen and oxygen atoms in total. The molecule has 0 unspecified atom stereocenters. The minimum Gasteiger partial charge on any atom is -0.496 e. The summed E-state index contributed by atoms with van der Waals surface area (Å²) >= 11 is 3.37. The van der Waals surface area contributed by atoms with Crippen LogP contribution in [0.1, 0.15) is 35.7 Å². The van der Waals surface area contributed by atoms with Gasteiger partial charge in [0, 0.05) is 10.2 Å². The van der Waals surface area contributed by atoms with Gasteiger partial charge in [-0.15, -0.1) is 0 Å². The Kier molecular flexibility index (Phi) is 5.02. The molecule has 2 rings (SSSR count). The van der Waals surface area contributed by atoms with E-state index in [1.807, 2.05) is 30.3 Å². The summed E-state index contributed by atoms with van der Waals surface area (Å²) in [5.41, 5.74) is 2.51. The lowest BCUT2D eigenvalue weighted by molar-refractivity contribution is 0.102. The summed E-state index contributed by atoms with van der Waals surface area (Å²) in [4.78, 5) is 12.4. The van der Waals surface area contributed by atoms with Crippen LogP contribution in [0.4, 0.5) is 5.69 Å². The molecule has 0 spiro atoms. The zero-order valence-corrected chi connectivity index (χ0v) is 13.9. The number of ether oxygens (including phenoxy) is 1. The van der Waals surface area contributed by atoms with Gasteiger partial charge in [0.15, 0.2) is 0 Å². The van der Waals surface area contributed by atoms with Crippen molar-refractivity contribution in [2.45, 2.75) is 19.8 Å². The number of nitrogens with one attached hydrogen (secondary N) is 1. The Balaban J connectivity index is 2.19. The smallest absolute Gasteiger partial charge is 0.259 e. The van der Waals surface area contributed by atoms with Gasteiger partial charge in [-0.05, 0) is 41.8 Å². The summed E-state index contributed by atoms with van der Waals surface area (Å²) in [6.45, 7) is 4.28. The number of amides is 1. The molecule has 0 aromatic heterocycles. The van der Waals surface area contributed by atoms with Gasteiger partial charge in [-0.3, -0.25) is 4.79 Å². The van der Waals surface area contributed by atoms with E-state index in [1.165, 1.54) is 5.56 Å². The molecule has 1 amide bonds. The van der Waals surface area contributed by atoms with E-state index in [1.54, 1.807) is 19.2 Å². The Morgan fingerprint density at radius 2 is 1.81 bits per heavy atom. The normalized spacial score (nSPS) is 10.5. The van der Waals surface area contributed by atoms with E-state index in [2.05, 4.69) is 35.1 Å². The Hall–Kier alpha value is -1.81. The third kappa shape index (κ3) is 3.85. The molecular weight excluding hydrogens is 330 g/mol. The fourth-order valence-electron chi connectivity index (χ4n) is 2.01. The molecule has 2 aromatic carbocycles. The molecule has 0 aliphatic heterocycles. The number of hydrogen-bond acceptors (Lipinski definition) is 2. The van der Waals surface area contributed by atoms with Crippen LogP contribution in [0.3, 0.4) is 0 Å². The van der Waals surface area contributed by atoms with Crippen molar-refractivity contribution in [1.82, 2.24) is 0 Å². The SMILES string of the molecule is COc1ccc(Br)cc1C(=O)Nc1ccc(C(C)C)cc1. The number of carbonyl (C=O) groups excluding carboxylic acids is 1. The first kappa shape index (κ1) is 15.6. The molecular formula is C17H18BrNO2. The second kappa shape index (κ2) is 6.76. The van der Waals surface area contributed by atoms with Gasteiger partial charge in [0.1, 0.15) is 5.75 Å². The molecule has 0 aliphatic carbocycles. The maximum absolute atomic E-state index is 12.4. The summed E-state index contributed by atoms with van der Waals surface area (Å²) in [5.74, 6) is 0.833. The van der Waals surface area contributed by atoms with Crippen LogP contribution in [0.5, 0.6) is 5.75 Å². The highest BCUT2D eigenvalue weighted by Crippen LogP contribution is 2.24. The fourth-order valence-corrected chi connectivity index (χ4v) is 2.37. The quantitative estimate of drug-likeness (QED) is 0.859. The number of anilines is 1. The van der Waals surface area contributed by atoms with E-state index in [0.29, 0.717) is 17.2 Å². The van der Waals surface area contributed by atoms with Crippen LogP contribution in [-0.4, -0.2) is 13.0 Å². The lowest BCUT2D eigenvalue weighted by Crippen LogP contribution is -2.13. The second-order valence-corrected chi connectivity index (χ2v) is 5.99. The maximum atomic E-state index is 12.4. The van der Waals surface area contributed by atoms with Gasteiger partial charge in [0.05, 0.1) is 12.7 Å². The maximum Gasteiger partial charge on any atom is 0.259 e. The van der Waals surface area contributed by atoms with Crippen LogP contribution >= 0.6 is 15.9 Å². The van der Waals surface area contributed by atoms with E-state index in [-0.39, 0.29) is 5.91 Å². The topological polar surface area (TPSA) is 38.3 Å². The Labute approximate surface area is 133 Å². The van der Waals surface area contributed by atoms with Gasteiger partial charge in [-0.2, -0.15) is 0 Å². The van der Waals surface area contributed by atoms with Crippen molar-refractivity contribution in [1.29, 1.82) is 0 Å². The zero-order chi connectivity index (χ0) is 15.4. The van der Waals surface area contributed by atoms with Crippen molar-refractivity contribution < 1.29 is 9.53 Å². The summed E-state index contributed by atoms with van der Waals surface area (Å²) in [6, 6.07) is 13.2. The van der Waals surface area contributed by atoms with Crippen LogP contribution in [0.2, 0.25) is 0 Å². The van der Waals surface area contributed by atoms with Gasteiger partial charge < -0.3 is 10.1 Å². The lowest BCUT2D eigenvalue weighted by Gasteiger charge is -2.11. The molecule has 0 atom stereocenters. The molecule has 0 saturated heterocycles. The number of carbonyl (C=O) groups is 1. The van der Waals surface area contributed by atoms with Gasteiger partial charge in [0.25, 0.3) is 5.91 Å². The molecule has 0 fully saturated rings. The molecule has 2 aromatic rings. The van der Waals surface area contributed by atoms with Crippen LogP contribution in [0.25, 0.3) is 0 Å². The summed E-state index contributed by atoms with van der Waals surface area (Å²) in [6.07, 6.45) is 0. The molecule has 21 heavy (non-hydrogen) atoms. The number of methoxy groups -OCH3 is 1. The van der Waals surface area contributed by atoms with Crippen molar-refractivity contribution in [3.05, 3.63) is 58.1 Å².